The minimum atomic E-state index is 0.895. The number of nitrogens with zero attached hydrogens (tertiary/aromatic N) is 4. The molecule has 0 aliphatic carbocycles. The van der Waals surface area contributed by atoms with E-state index in [0.29, 0.717) is 0 Å². The zero-order chi connectivity index (χ0) is 12.4. The lowest BCUT2D eigenvalue weighted by Gasteiger charge is -2.12. The van der Waals surface area contributed by atoms with E-state index in [1.54, 1.807) is 0 Å². The summed E-state index contributed by atoms with van der Waals surface area (Å²) in [4.78, 5) is 2.15. The summed E-state index contributed by atoms with van der Waals surface area (Å²) < 4.78 is 2.02. The van der Waals surface area contributed by atoms with E-state index >= 15 is 0 Å². The molecule has 0 atom stereocenters. The van der Waals surface area contributed by atoms with Crippen molar-refractivity contribution < 1.29 is 0 Å². The van der Waals surface area contributed by atoms with Gasteiger partial charge in [-0.25, -0.2) is 0 Å². The molecule has 5 heteroatoms. The minimum absolute atomic E-state index is 0.895. The molecule has 0 saturated carbocycles. The predicted molar refractivity (Wildman–Crippen MR) is 69.5 cm³/mol. The van der Waals surface area contributed by atoms with E-state index in [4.69, 9.17) is 0 Å². The van der Waals surface area contributed by atoms with Gasteiger partial charge in [-0.1, -0.05) is 0 Å². The van der Waals surface area contributed by atoms with E-state index in [1.807, 2.05) is 11.3 Å². The van der Waals surface area contributed by atoms with Gasteiger partial charge in [0.1, 0.15) is 5.82 Å². The Balaban J connectivity index is 2.26. The van der Waals surface area contributed by atoms with Crippen LogP contribution in [0.4, 0.5) is 5.69 Å². The van der Waals surface area contributed by atoms with Crippen molar-refractivity contribution in [2.45, 2.75) is 13.8 Å². The van der Waals surface area contributed by atoms with Crippen molar-refractivity contribution >= 4 is 11.3 Å². The van der Waals surface area contributed by atoms with Gasteiger partial charge in [0.15, 0.2) is 5.65 Å². The van der Waals surface area contributed by atoms with Crippen LogP contribution in [0.25, 0.3) is 5.65 Å². The number of aryl methyl sites for hydroxylation is 2. The lowest BCUT2D eigenvalue weighted by Crippen LogP contribution is -2.21. The zero-order valence-corrected chi connectivity index (χ0v) is 10.9. The molecule has 0 aliphatic rings. The number of likely N-dealkylation sites (N-methyl/N-ethyl adjacent to an activating group) is 1. The molecule has 0 bridgehead atoms. The summed E-state index contributed by atoms with van der Waals surface area (Å²) in [6, 6.07) is 2.11. The molecular formula is C12H19N5. The van der Waals surface area contributed by atoms with Crippen molar-refractivity contribution in [3.8, 4) is 0 Å². The molecule has 0 saturated heterocycles. The van der Waals surface area contributed by atoms with E-state index in [-0.39, 0.29) is 0 Å². The summed E-state index contributed by atoms with van der Waals surface area (Å²) in [6.07, 6.45) is 2.06. The first-order chi connectivity index (χ1) is 8.08. The number of pyridine rings is 1. The van der Waals surface area contributed by atoms with Crippen LogP contribution in [0.2, 0.25) is 0 Å². The monoisotopic (exact) mass is 233 g/mol. The average Bonchev–Trinajstić information content (AvgIpc) is 2.60. The van der Waals surface area contributed by atoms with Gasteiger partial charge in [0, 0.05) is 19.3 Å². The van der Waals surface area contributed by atoms with E-state index in [1.165, 1.54) is 5.56 Å². The highest BCUT2D eigenvalue weighted by Crippen LogP contribution is 2.17. The average molecular weight is 233 g/mol. The molecule has 0 amide bonds. The summed E-state index contributed by atoms with van der Waals surface area (Å²) >= 11 is 0. The van der Waals surface area contributed by atoms with Crippen LogP contribution in [0.1, 0.15) is 11.4 Å². The Morgan fingerprint density at radius 3 is 2.76 bits per heavy atom. The highest BCUT2D eigenvalue weighted by atomic mass is 15.3. The lowest BCUT2D eigenvalue weighted by atomic mass is 10.3. The molecule has 0 fully saturated rings. The first-order valence-corrected chi connectivity index (χ1v) is 5.78. The Bertz CT molecular complexity index is 515. The number of rotatable bonds is 4. The SMILES string of the molecule is Cc1cc(NCCN(C)C)c2nnc(C)n2c1. The molecule has 0 unspecified atom stereocenters. The standard InChI is InChI=1S/C12H19N5/c1-9-7-11(13-5-6-16(3)4)12-15-14-10(2)17(12)8-9/h7-8,13H,5-6H2,1-4H3. The summed E-state index contributed by atoms with van der Waals surface area (Å²) in [7, 11) is 4.13. The Morgan fingerprint density at radius 1 is 1.29 bits per heavy atom. The van der Waals surface area contributed by atoms with Crippen LogP contribution in [-0.2, 0) is 0 Å². The Morgan fingerprint density at radius 2 is 2.06 bits per heavy atom. The quantitative estimate of drug-likeness (QED) is 0.865. The number of anilines is 1. The summed E-state index contributed by atoms with van der Waals surface area (Å²) in [6.45, 7) is 5.93. The van der Waals surface area contributed by atoms with Crippen LogP contribution in [0, 0.1) is 13.8 Å². The number of hydrogen-bond acceptors (Lipinski definition) is 4. The van der Waals surface area contributed by atoms with Crippen molar-refractivity contribution in [3.63, 3.8) is 0 Å². The van der Waals surface area contributed by atoms with E-state index in [2.05, 4.69) is 53.7 Å². The molecule has 0 aromatic carbocycles. The summed E-state index contributed by atoms with van der Waals surface area (Å²) in [5, 5.41) is 11.7. The number of hydrogen-bond donors (Lipinski definition) is 1. The highest BCUT2D eigenvalue weighted by molar-refractivity contribution is 5.68. The molecule has 2 aromatic rings. The molecule has 2 heterocycles. The van der Waals surface area contributed by atoms with Gasteiger partial charge in [0.05, 0.1) is 5.69 Å². The maximum atomic E-state index is 4.19. The van der Waals surface area contributed by atoms with Gasteiger partial charge in [0.2, 0.25) is 0 Å². The van der Waals surface area contributed by atoms with Crippen LogP contribution in [-0.4, -0.2) is 46.7 Å². The molecule has 17 heavy (non-hydrogen) atoms. The first-order valence-electron chi connectivity index (χ1n) is 5.78. The van der Waals surface area contributed by atoms with Crippen molar-refractivity contribution in [1.82, 2.24) is 19.5 Å². The molecule has 1 N–H and O–H groups in total. The molecule has 92 valence electrons. The molecule has 2 rings (SSSR count). The van der Waals surface area contributed by atoms with Crippen LogP contribution in [0.15, 0.2) is 12.3 Å². The Labute approximate surface area is 101 Å². The van der Waals surface area contributed by atoms with Gasteiger partial charge in [-0.3, -0.25) is 4.40 Å². The van der Waals surface area contributed by atoms with Gasteiger partial charge in [-0.2, -0.15) is 0 Å². The fourth-order valence-electron chi connectivity index (χ4n) is 1.78. The van der Waals surface area contributed by atoms with Gasteiger partial charge in [-0.15, -0.1) is 10.2 Å². The topological polar surface area (TPSA) is 45.5 Å². The summed E-state index contributed by atoms with van der Waals surface area (Å²) in [5.74, 6) is 0.916. The molecule has 2 aromatic heterocycles. The van der Waals surface area contributed by atoms with Crippen LogP contribution in [0.5, 0.6) is 0 Å². The van der Waals surface area contributed by atoms with Gasteiger partial charge in [0.25, 0.3) is 0 Å². The number of fused-ring (bicyclic) bond motifs is 1. The van der Waals surface area contributed by atoms with Crippen LogP contribution >= 0.6 is 0 Å². The second-order valence-corrected chi connectivity index (χ2v) is 4.60. The van der Waals surface area contributed by atoms with Crippen LogP contribution in [0.3, 0.4) is 0 Å². The van der Waals surface area contributed by atoms with Crippen molar-refractivity contribution in [3.05, 3.63) is 23.7 Å². The maximum Gasteiger partial charge on any atom is 0.184 e. The van der Waals surface area contributed by atoms with Gasteiger partial charge in [-0.05, 0) is 39.6 Å². The number of aromatic nitrogens is 3. The largest absolute Gasteiger partial charge is 0.381 e. The third-order valence-electron chi connectivity index (χ3n) is 2.69. The predicted octanol–water partition coefficient (Wildman–Crippen LogP) is 1.32. The minimum Gasteiger partial charge on any atom is -0.381 e. The first kappa shape index (κ1) is 11.9. The third kappa shape index (κ3) is 2.55. The second kappa shape index (κ2) is 4.71. The Kier molecular flexibility index (Phi) is 3.28. The zero-order valence-electron chi connectivity index (χ0n) is 10.9. The van der Waals surface area contributed by atoms with E-state index in [0.717, 1.165) is 30.2 Å². The molecule has 0 aliphatic heterocycles. The molecule has 0 spiro atoms. The van der Waals surface area contributed by atoms with E-state index in [9.17, 15) is 0 Å². The maximum absolute atomic E-state index is 4.19. The number of nitrogens with one attached hydrogen (secondary N) is 1. The fraction of sp³-hybridized carbons (Fsp3) is 0.500. The normalized spacial score (nSPS) is 11.4. The second-order valence-electron chi connectivity index (χ2n) is 4.60. The molecule has 0 radical (unpaired) electrons. The van der Waals surface area contributed by atoms with Crippen molar-refractivity contribution in [2.75, 3.05) is 32.5 Å². The smallest absolute Gasteiger partial charge is 0.184 e. The highest BCUT2D eigenvalue weighted by Gasteiger charge is 2.07. The lowest BCUT2D eigenvalue weighted by molar-refractivity contribution is 0.425. The fourth-order valence-corrected chi connectivity index (χ4v) is 1.78. The van der Waals surface area contributed by atoms with Crippen molar-refractivity contribution in [2.24, 2.45) is 0 Å². The van der Waals surface area contributed by atoms with Gasteiger partial charge < -0.3 is 10.2 Å². The Hall–Kier alpha value is -1.62. The third-order valence-corrected chi connectivity index (χ3v) is 2.69. The van der Waals surface area contributed by atoms with Gasteiger partial charge >= 0.3 is 0 Å². The van der Waals surface area contributed by atoms with Crippen molar-refractivity contribution in [1.29, 1.82) is 0 Å². The molecule has 5 nitrogen and oxygen atoms in total. The summed E-state index contributed by atoms with van der Waals surface area (Å²) in [5.41, 5.74) is 3.15. The van der Waals surface area contributed by atoms with Crippen LogP contribution < -0.4 is 5.32 Å². The molecular weight excluding hydrogens is 214 g/mol. The van der Waals surface area contributed by atoms with E-state index < -0.39 is 0 Å².